The van der Waals surface area contributed by atoms with Crippen molar-refractivity contribution in [2.75, 3.05) is 4.90 Å². The van der Waals surface area contributed by atoms with Gasteiger partial charge in [-0.25, -0.2) is 9.97 Å². The number of carbonyl (C=O) groups is 2. The second-order valence-corrected chi connectivity index (χ2v) is 9.64. The van der Waals surface area contributed by atoms with Crippen LogP contribution in [0, 0.1) is 6.92 Å². The summed E-state index contributed by atoms with van der Waals surface area (Å²) in [4.78, 5) is 41.2. The Labute approximate surface area is 215 Å². The number of phenols is 1. The Balaban J connectivity index is 1.49. The first kappa shape index (κ1) is 22.7. The van der Waals surface area contributed by atoms with E-state index in [1.165, 1.54) is 28.4 Å². The number of imidazole rings is 1. The first-order valence-corrected chi connectivity index (χ1v) is 12.3. The van der Waals surface area contributed by atoms with Crippen LogP contribution in [-0.2, 0) is 4.79 Å². The molecule has 3 N–H and O–H groups in total. The van der Waals surface area contributed by atoms with E-state index < -0.39 is 23.5 Å². The number of benzene rings is 3. The zero-order valence-corrected chi connectivity index (χ0v) is 20.4. The molecular weight excluding hydrogens is 488 g/mol. The molecule has 0 aliphatic carbocycles. The highest BCUT2D eigenvalue weighted by Crippen LogP contribution is 2.43. The number of aliphatic hydroxyl groups is 1. The first-order chi connectivity index (χ1) is 17.9. The van der Waals surface area contributed by atoms with E-state index in [0.29, 0.717) is 32.2 Å². The first-order valence-electron chi connectivity index (χ1n) is 11.5. The number of hydrogen-bond acceptors (Lipinski definition) is 7. The number of nitrogens with one attached hydrogen (secondary N) is 1. The molecule has 1 atom stereocenters. The lowest BCUT2D eigenvalue weighted by Crippen LogP contribution is -2.32. The summed E-state index contributed by atoms with van der Waals surface area (Å²) in [6, 6.07) is 22.0. The molecule has 1 aliphatic rings. The Morgan fingerprint density at radius 3 is 2.49 bits per heavy atom. The van der Waals surface area contributed by atoms with Crippen LogP contribution in [0.25, 0.3) is 21.6 Å². The Bertz CT molecular complexity index is 1690. The molecule has 3 heterocycles. The summed E-state index contributed by atoms with van der Waals surface area (Å²) < 4.78 is 0. The molecule has 37 heavy (non-hydrogen) atoms. The molecule has 1 unspecified atom stereocenters. The number of thiazole rings is 1. The van der Waals surface area contributed by atoms with Gasteiger partial charge in [0, 0.05) is 5.56 Å². The molecule has 3 aromatic carbocycles. The Morgan fingerprint density at radius 2 is 1.73 bits per heavy atom. The number of anilines is 1. The monoisotopic (exact) mass is 508 g/mol. The standard InChI is InChI=1S/C28H20N4O4S/c1-15-25(37-26(29-15)16-8-3-2-4-9-16)23(34)21-22(17-10-7-11-18(33)14-17)32(27(36)24(21)35)28-30-19-12-5-6-13-20(19)31-28/h2-14,22,33,35H,1H3,(H,30,31). The summed E-state index contributed by atoms with van der Waals surface area (Å²) in [5.74, 6) is -1.78. The maximum Gasteiger partial charge on any atom is 0.296 e. The van der Waals surface area contributed by atoms with Crippen molar-refractivity contribution in [3.63, 3.8) is 0 Å². The molecule has 0 fully saturated rings. The van der Waals surface area contributed by atoms with Gasteiger partial charge in [-0.1, -0.05) is 54.6 Å². The zero-order valence-electron chi connectivity index (χ0n) is 19.5. The number of H-pyrrole nitrogens is 1. The normalized spacial score (nSPS) is 15.6. The number of phenolic OH excluding ortho intramolecular Hbond substituents is 1. The summed E-state index contributed by atoms with van der Waals surface area (Å²) in [5, 5.41) is 21.9. The number of aromatic amines is 1. The molecule has 0 radical (unpaired) electrons. The van der Waals surface area contributed by atoms with Gasteiger partial charge in [0.25, 0.3) is 5.91 Å². The van der Waals surface area contributed by atoms with Gasteiger partial charge in [0.05, 0.1) is 33.2 Å². The van der Waals surface area contributed by atoms with Crippen molar-refractivity contribution in [3.8, 4) is 16.3 Å². The van der Waals surface area contributed by atoms with Gasteiger partial charge in [-0.2, -0.15) is 0 Å². The third-order valence-corrected chi connectivity index (χ3v) is 7.47. The minimum absolute atomic E-state index is 0.0342. The SMILES string of the molecule is Cc1nc(-c2ccccc2)sc1C(=O)C1=C(O)C(=O)N(c2nc3ccccc3[nH]2)C1c1cccc(O)c1. The van der Waals surface area contributed by atoms with Gasteiger partial charge >= 0.3 is 0 Å². The number of Topliss-reactive ketones (excluding diaryl/α,β-unsaturated/α-hetero) is 1. The van der Waals surface area contributed by atoms with Crippen molar-refractivity contribution < 1.29 is 19.8 Å². The molecule has 0 bridgehead atoms. The van der Waals surface area contributed by atoms with Gasteiger partial charge in [-0.3, -0.25) is 14.5 Å². The third-order valence-electron chi connectivity index (χ3n) is 6.27. The average molecular weight is 509 g/mol. The quantitative estimate of drug-likeness (QED) is 0.270. The number of aryl methyl sites for hydroxylation is 1. The lowest BCUT2D eigenvalue weighted by molar-refractivity contribution is -0.117. The van der Waals surface area contributed by atoms with E-state index in [0.717, 1.165) is 5.56 Å². The topological polar surface area (TPSA) is 119 Å². The minimum atomic E-state index is -1.02. The molecule has 9 heteroatoms. The van der Waals surface area contributed by atoms with E-state index in [2.05, 4.69) is 15.0 Å². The highest BCUT2D eigenvalue weighted by molar-refractivity contribution is 7.17. The summed E-state index contributed by atoms with van der Waals surface area (Å²) in [5.41, 5.74) is 3.05. The lowest BCUT2D eigenvalue weighted by atomic mass is 9.95. The number of aliphatic hydroxyl groups excluding tert-OH is 1. The molecule has 0 saturated heterocycles. The van der Waals surface area contributed by atoms with Gasteiger partial charge in [0.15, 0.2) is 5.76 Å². The Hall–Kier alpha value is -4.76. The van der Waals surface area contributed by atoms with Crippen LogP contribution in [0.5, 0.6) is 5.75 Å². The van der Waals surface area contributed by atoms with E-state index >= 15 is 0 Å². The molecule has 0 saturated carbocycles. The molecular formula is C28H20N4O4S. The van der Waals surface area contributed by atoms with Crippen LogP contribution in [-0.4, -0.2) is 36.9 Å². The second-order valence-electron chi connectivity index (χ2n) is 8.64. The summed E-state index contributed by atoms with van der Waals surface area (Å²) in [7, 11) is 0. The predicted molar refractivity (Wildman–Crippen MR) is 141 cm³/mol. The molecule has 1 amide bonds. The van der Waals surface area contributed by atoms with Crippen LogP contribution in [0.1, 0.15) is 27.0 Å². The van der Waals surface area contributed by atoms with Crippen molar-refractivity contribution in [1.82, 2.24) is 15.0 Å². The van der Waals surface area contributed by atoms with Gasteiger partial charge in [0.1, 0.15) is 10.8 Å². The summed E-state index contributed by atoms with van der Waals surface area (Å²) in [6.07, 6.45) is 0. The van der Waals surface area contributed by atoms with Crippen LogP contribution in [0.15, 0.2) is 90.2 Å². The van der Waals surface area contributed by atoms with Crippen LogP contribution in [0.4, 0.5) is 5.95 Å². The third kappa shape index (κ3) is 3.76. The van der Waals surface area contributed by atoms with E-state index in [1.807, 2.05) is 48.5 Å². The number of ketones is 1. The molecule has 2 aromatic heterocycles. The van der Waals surface area contributed by atoms with Gasteiger partial charge in [-0.15, -0.1) is 11.3 Å². The van der Waals surface area contributed by atoms with Crippen LogP contribution >= 0.6 is 11.3 Å². The number of hydrogen-bond donors (Lipinski definition) is 3. The number of para-hydroxylation sites is 2. The average Bonchev–Trinajstić information content (AvgIpc) is 3.58. The fourth-order valence-electron chi connectivity index (χ4n) is 4.55. The van der Waals surface area contributed by atoms with Crippen LogP contribution in [0.3, 0.4) is 0 Å². The fourth-order valence-corrected chi connectivity index (χ4v) is 5.58. The van der Waals surface area contributed by atoms with Gasteiger partial charge in [-0.05, 0) is 36.8 Å². The van der Waals surface area contributed by atoms with Crippen molar-refractivity contribution in [2.45, 2.75) is 13.0 Å². The zero-order chi connectivity index (χ0) is 25.7. The molecule has 1 aliphatic heterocycles. The second kappa shape index (κ2) is 8.72. The fraction of sp³-hybridized carbons (Fsp3) is 0.0714. The van der Waals surface area contributed by atoms with E-state index in [-0.39, 0.29) is 17.3 Å². The summed E-state index contributed by atoms with van der Waals surface area (Å²) in [6.45, 7) is 1.73. The lowest BCUT2D eigenvalue weighted by Gasteiger charge is -2.24. The number of nitrogens with zero attached hydrogens (tertiary/aromatic N) is 3. The van der Waals surface area contributed by atoms with E-state index in [4.69, 9.17) is 0 Å². The van der Waals surface area contributed by atoms with Crippen molar-refractivity contribution in [2.24, 2.45) is 0 Å². The highest BCUT2D eigenvalue weighted by Gasteiger charge is 2.46. The van der Waals surface area contributed by atoms with Crippen LogP contribution < -0.4 is 4.90 Å². The van der Waals surface area contributed by atoms with Crippen LogP contribution in [0.2, 0.25) is 0 Å². The number of carbonyl (C=O) groups excluding carboxylic acids is 2. The van der Waals surface area contributed by atoms with Crippen molar-refractivity contribution >= 4 is 40.0 Å². The van der Waals surface area contributed by atoms with Crippen molar-refractivity contribution in [3.05, 3.63) is 106 Å². The Kier molecular flexibility index (Phi) is 5.35. The number of aromatic hydroxyl groups is 1. The maximum atomic E-state index is 14.0. The molecule has 5 aromatic rings. The van der Waals surface area contributed by atoms with Gasteiger partial charge in [0.2, 0.25) is 11.7 Å². The number of amides is 1. The van der Waals surface area contributed by atoms with E-state index in [1.54, 1.807) is 25.1 Å². The van der Waals surface area contributed by atoms with Gasteiger partial charge < -0.3 is 15.2 Å². The Morgan fingerprint density at radius 1 is 0.973 bits per heavy atom. The smallest absolute Gasteiger partial charge is 0.296 e. The minimum Gasteiger partial charge on any atom is -0.508 e. The number of fused-ring (bicyclic) bond motifs is 1. The van der Waals surface area contributed by atoms with Crippen molar-refractivity contribution in [1.29, 1.82) is 0 Å². The summed E-state index contributed by atoms with van der Waals surface area (Å²) >= 11 is 1.20. The largest absolute Gasteiger partial charge is 0.508 e. The molecule has 0 spiro atoms. The maximum absolute atomic E-state index is 14.0. The number of aromatic nitrogens is 3. The molecule has 182 valence electrons. The predicted octanol–water partition coefficient (Wildman–Crippen LogP) is 5.48. The number of rotatable bonds is 5. The van der Waals surface area contributed by atoms with E-state index in [9.17, 15) is 19.8 Å². The molecule has 8 nitrogen and oxygen atoms in total. The highest BCUT2D eigenvalue weighted by atomic mass is 32.1. The molecule has 6 rings (SSSR count).